The van der Waals surface area contributed by atoms with E-state index >= 15 is 0 Å². The first kappa shape index (κ1) is 15.1. The highest BCUT2D eigenvalue weighted by Gasteiger charge is 2.19. The third-order valence-corrected chi connectivity index (χ3v) is 3.32. The molecule has 0 saturated heterocycles. The van der Waals surface area contributed by atoms with Gasteiger partial charge in [0.1, 0.15) is 11.6 Å². The summed E-state index contributed by atoms with van der Waals surface area (Å²) in [6, 6.07) is 3.62. The van der Waals surface area contributed by atoms with Crippen molar-refractivity contribution in [2.75, 3.05) is 12.4 Å². The van der Waals surface area contributed by atoms with E-state index in [1.165, 1.54) is 19.1 Å². The third-order valence-electron chi connectivity index (χ3n) is 3.00. The number of aromatic hydroxyl groups is 1. The minimum Gasteiger partial charge on any atom is -0.503 e. The minimum atomic E-state index is -0.694. The summed E-state index contributed by atoms with van der Waals surface area (Å²) in [5, 5.41) is 20.5. The van der Waals surface area contributed by atoms with Gasteiger partial charge in [-0.3, -0.25) is 4.79 Å². The number of H-pyrrole nitrogens is 1. The molecule has 0 unspecified atom stereocenters. The smallest absolute Gasteiger partial charge is 0.234 e. The molecular formula is C14H13ClFN3O2. The van der Waals surface area contributed by atoms with Crippen LogP contribution in [0.4, 0.5) is 10.2 Å². The molecule has 0 radical (unpaired) electrons. The molecule has 0 spiro atoms. The maximum atomic E-state index is 13.1. The van der Waals surface area contributed by atoms with Crippen LogP contribution in [0.5, 0.6) is 5.75 Å². The molecule has 1 aromatic heterocycles. The van der Waals surface area contributed by atoms with E-state index in [1.807, 2.05) is 0 Å². The van der Waals surface area contributed by atoms with E-state index in [2.05, 4.69) is 10.3 Å². The predicted octanol–water partition coefficient (Wildman–Crippen LogP) is 2.97. The number of hydrogen-bond acceptors (Lipinski definition) is 4. The number of halogens is 2. The second kappa shape index (κ2) is 5.57. The third kappa shape index (κ3) is 2.62. The molecule has 5 nitrogen and oxygen atoms in total. The van der Waals surface area contributed by atoms with Gasteiger partial charge in [0.05, 0.1) is 16.3 Å². The zero-order valence-electron chi connectivity index (χ0n) is 11.3. The number of benzene rings is 1. The van der Waals surface area contributed by atoms with Crippen LogP contribution < -0.4 is 10.7 Å². The number of pyridine rings is 1. The number of nitrogens with one attached hydrogen (secondary N) is 3. The molecule has 0 fully saturated rings. The first-order chi connectivity index (χ1) is 9.86. The van der Waals surface area contributed by atoms with Crippen LogP contribution in [0.25, 0.3) is 11.3 Å². The van der Waals surface area contributed by atoms with E-state index in [0.29, 0.717) is 5.56 Å². The number of anilines is 1. The SMILES string of the molecule is CNc1[nH]c(-c2ccc(F)cc2Cl)c(O)c(=O)c1C(C)=N. The average molecular weight is 310 g/mol. The fraction of sp³-hybridized carbons (Fsp3) is 0.143. The largest absolute Gasteiger partial charge is 0.503 e. The van der Waals surface area contributed by atoms with Gasteiger partial charge in [-0.25, -0.2) is 4.39 Å². The van der Waals surface area contributed by atoms with Crippen molar-refractivity contribution in [1.82, 2.24) is 4.98 Å². The summed E-state index contributed by atoms with van der Waals surface area (Å²) in [6.45, 7) is 1.44. The summed E-state index contributed by atoms with van der Waals surface area (Å²) < 4.78 is 13.1. The highest BCUT2D eigenvalue weighted by Crippen LogP contribution is 2.33. The van der Waals surface area contributed by atoms with E-state index in [9.17, 15) is 14.3 Å². The Hall–Kier alpha value is -2.34. The van der Waals surface area contributed by atoms with E-state index in [0.717, 1.165) is 6.07 Å². The predicted molar refractivity (Wildman–Crippen MR) is 81.2 cm³/mol. The quantitative estimate of drug-likeness (QED) is 0.657. The molecule has 7 heteroatoms. The topological polar surface area (TPSA) is 89.0 Å². The van der Waals surface area contributed by atoms with E-state index in [-0.39, 0.29) is 27.8 Å². The lowest BCUT2D eigenvalue weighted by atomic mass is 10.1. The molecule has 0 saturated carbocycles. The van der Waals surface area contributed by atoms with Crippen molar-refractivity contribution >= 4 is 23.1 Å². The molecule has 21 heavy (non-hydrogen) atoms. The van der Waals surface area contributed by atoms with Crippen molar-refractivity contribution in [2.24, 2.45) is 0 Å². The van der Waals surface area contributed by atoms with E-state index in [4.69, 9.17) is 17.0 Å². The van der Waals surface area contributed by atoms with Crippen LogP contribution in [0, 0.1) is 11.2 Å². The van der Waals surface area contributed by atoms with Gasteiger partial charge >= 0.3 is 0 Å². The van der Waals surface area contributed by atoms with E-state index < -0.39 is 17.0 Å². The van der Waals surface area contributed by atoms with Crippen LogP contribution in [0.3, 0.4) is 0 Å². The first-order valence-corrected chi connectivity index (χ1v) is 6.42. The van der Waals surface area contributed by atoms with Crippen molar-refractivity contribution in [3.8, 4) is 17.0 Å². The molecule has 1 heterocycles. The Balaban J connectivity index is 2.80. The molecule has 110 valence electrons. The monoisotopic (exact) mass is 309 g/mol. The summed E-state index contributed by atoms with van der Waals surface area (Å²) in [5.74, 6) is -0.809. The summed E-state index contributed by atoms with van der Waals surface area (Å²) in [5.41, 5.74) is -0.289. The molecule has 0 amide bonds. The summed E-state index contributed by atoms with van der Waals surface area (Å²) in [7, 11) is 1.57. The van der Waals surface area contributed by atoms with Gasteiger partial charge in [0.25, 0.3) is 0 Å². The van der Waals surface area contributed by atoms with Crippen molar-refractivity contribution in [3.63, 3.8) is 0 Å². The lowest BCUT2D eigenvalue weighted by Gasteiger charge is -2.13. The maximum absolute atomic E-state index is 13.1. The Bertz CT molecular complexity index is 787. The van der Waals surface area contributed by atoms with Crippen LogP contribution in [0.1, 0.15) is 12.5 Å². The number of aromatic amines is 1. The zero-order chi connectivity index (χ0) is 15.7. The van der Waals surface area contributed by atoms with Crippen LogP contribution in [-0.2, 0) is 0 Å². The van der Waals surface area contributed by atoms with Gasteiger partial charge in [0.15, 0.2) is 5.75 Å². The minimum absolute atomic E-state index is 0.00709. The molecule has 0 bridgehead atoms. The molecule has 0 aliphatic heterocycles. The first-order valence-electron chi connectivity index (χ1n) is 6.04. The molecule has 0 aliphatic rings. The normalized spacial score (nSPS) is 10.5. The van der Waals surface area contributed by atoms with Gasteiger partial charge in [-0.05, 0) is 25.1 Å². The lowest BCUT2D eigenvalue weighted by molar-refractivity contribution is 0.470. The van der Waals surface area contributed by atoms with Crippen molar-refractivity contribution in [1.29, 1.82) is 5.41 Å². The van der Waals surface area contributed by atoms with Crippen LogP contribution >= 0.6 is 11.6 Å². The second-order valence-corrected chi connectivity index (χ2v) is 4.83. The maximum Gasteiger partial charge on any atom is 0.234 e. The molecule has 2 aromatic rings. The van der Waals surface area contributed by atoms with Crippen LogP contribution in [-0.4, -0.2) is 22.8 Å². The Morgan fingerprint density at radius 3 is 2.67 bits per heavy atom. The Kier molecular flexibility index (Phi) is 3.99. The van der Waals surface area contributed by atoms with Gasteiger partial charge in [-0.15, -0.1) is 0 Å². The number of aromatic nitrogens is 1. The lowest BCUT2D eigenvalue weighted by Crippen LogP contribution is -2.18. The molecular weight excluding hydrogens is 297 g/mol. The molecule has 0 atom stereocenters. The number of hydrogen-bond donors (Lipinski definition) is 4. The fourth-order valence-electron chi connectivity index (χ4n) is 2.02. The summed E-state index contributed by atoms with van der Waals surface area (Å²) in [4.78, 5) is 15.0. The molecule has 1 aromatic carbocycles. The zero-order valence-corrected chi connectivity index (χ0v) is 12.1. The number of rotatable bonds is 3. The Labute approximate surface area is 124 Å². The van der Waals surface area contributed by atoms with Gasteiger partial charge in [0.2, 0.25) is 5.43 Å². The summed E-state index contributed by atoms with van der Waals surface area (Å²) >= 11 is 5.95. The molecule has 4 N–H and O–H groups in total. The van der Waals surface area contributed by atoms with Gasteiger partial charge < -0.3 is 20.8 Å². The Morgan fingerprint density at radius 1 is 1.48 bits per heavy atom. The summed E-state index contributed by atoms with van der Waals surface area (Å²) in [6.07, 6.45) is 0. The van der Waals surface area contributed by atoms with Gasteiger partial charge in [-0.1, -0.05) is 11.6 Å². The van der Waals surface area contributed by atoms with Crippen LogP contribution in [0.2, 0.25) is 5.02 Å². The van der Waals surface area contributed by atoms with Crippen molar-refractivity contribution in [2.45, 2.75) is 6.92 Å². The van der Waals surface area contributed by atoms with Crippen molar-refractivity contribution < 1.29 is 9.50 Å². The molecule has 2 rings (SSSR count). The van der Waals surface area contributed by atoms with Crippen LogP contribution in [0.15, 0.2) is 23.0 Å². The Morgan fingerprint density at radius 2 is 2.14 bits per heavy atom. The molecule has 0 aliphatic carbocycles. The van der Waals surface area contributed by atoms with Crippen molar-refractivity contribution in [3.05, 3.63) is 44.8 Å². The highest BCUT2D eigenvalue weighted by molar-refractivity contribution is 6.33. The van der Waals surface area contributed by atoms with E-state index in [1.54, 1.807) is 7.05 Å². The average Bonchev–Trinajstić information content (AvgIpc) is 2.41. The second-order valence-electron chi connectivity index (χ2n) is 4.43. The van der Waals surface area contributed by atoms with Gasteiger partial charge in [-0.2, -0.15) is 0 Å². The standard InChI is InChI=1S/C14H13ClFN3O2/c1-6(17)10-12(20)13(21)11(19-14(10)18-2)8-4-3-7(16)5-9(8)15/h3-5,17,21H,1-2H3,(H2,18,19,20). The fourth-order valence-corrected chi connectivity index (χ4v) is 2.29. The highest BCUT2D eigenvalue weighted by atomic mass is 35.5. The van der Waals surface area contributed by atoms with Gasteiger partial charge in [0, 0.05) is 18.3 Å².